The van der Waals surface area contributed by atoms with Gasteiger partial charge in [-0.3, -0.25) is 4.79 Å². The second-order valence-electron chi connectivity index (χ2n) is 7.58. The third kappa shape index (κ3) is 4.37. The van der Waals surface area contributed by atoms with Crippen LogP contribution < -0.4 is 5.32 Å². The molecule has 2 aliphatic rings. The van der Waals surface area contributed by atoms with Crippen LogP contribution in [0.4, 0.5) is 0 Å². The Morgan fingerprint density at radius 1 is 1.31 bits per heavy atom. The predicted molar refractivity (Wildman–Crippen MR) is 101 cm³/mol. The van der Waals surface area contributed by atoms with Gasteiger partial charge in [-0.15, -0.1) is 0 Å². The Balaban J connectivity index is 1.49. The van der Waals surface area contributed by atoms with Gasteiger partial charge in [0, 0.05) is 24.0 Å². The molecule has 2 aliphatic carbocycles. The lowest BCUT2D eigenvalue weighted by Crippen LogP contribution is -2.36. The van der Waals surface area contributed by atoms with Crippen LogP contribution in [0.3, 0.4) is 0 Å². The maximum absolute atomic E-state index is 12.5. The fourth-order valence-corrected chi connectivity index (χ4v) is 3.78. The number of rotatable bonds is 7. The summed E-state index contributed by atoms with van der Waals surface area (Å²) in [5.74, 6) is -0.645. The van der Waals surface area contributed by atoms with Crippen molar-refractivity contribution in [2.24, 2.45) is 0 Å². The summed E-state index contributed by atoms with van der Waals surface area (Å²) in [5, 5.41) is 2.88. The maximum Gasteiger partial charge on any atom is 0.340 e. The largest absolute Gasteiger partial charge is 0.449 e. The molecule has 26 heavy (non-hydrogen) atoms. The van der Waals surface area contributed by atoms with Crippen LogP contribution in [0.15, 0.2) is 17.7 Å². The number of nitrogens with one attached hydrogen (secondary N) is 1. The second kappa shape index (κ2) is 8.11. The molecule has 5 nitrogen and oxygen atoms in total. The summed E-state index contributed by atoms with van der Waals surface area (Å²) >= 11 is 0. The van der Waals surface area contributed by atoms with Gasteiger partial charge >= 0.3 is 5.97 Å². The summed E-state index contributed by atoms with van der Waals surface area (Å²) in [6.07, 6.45) is 9.51. The zero-order valence-corrected chi connectivity index (χ0v) is 16.1. The van der Waals surface area contributed by atoms with Gasteiger partial charge in [0.2, 0.25) is 0 Å². The number of hydrogen-bond acceptors (Lipinski definition) is 3. The van der Waals surface area contributed by atoms with E-state index < -0.39 is 12.1 Å². The molecule has 1 aromatic heterocycles. The SMILES string of the molecule is Cc1cc(C(=O)OC(C)C(=O)NCCC2=CCCCC2)c(C)n1C1CC1. The van der Waals surface area contributed by atoms with Gasteiger partial charge in [-0.25, -0.2) is 4.79 Å². The highest BCUT2D eigenvalue weighted by molar-refractivity contribution is 5.93. The molecular formula is C21H30N2O3. The average molecular weight is 358 g/mol. The Morgan fingerprint density at radius 2 is 2.08 bits per heavy atom. The van der Waals surface area contributed by atoms with Crippen LogP contribution in [-0.2, 0) is 9.53 Å². The van der Waals surface area contributed by atoms with E-state index in [1.807, 2.05) is 19.9 Å². The first kappa shape index (κ1) is 18.7. The van der Waals surface area contributed by atoms with E-state index in [0.29, 0.717) is 18.2 Å². The molecule has 1 heterocycles. The molecule has 3 rings (SSSR count). The fourth-order valence-electron chi connectivity index (χ4n) is 3.78. The molecule has 142 valence electrons. The van der Waals surface area contributed by atoms with Crippen molar-refractivity contribution in [1.29, 1.82) is 0 Å². The highest BCUT2D eigenvalue weighted by Gasteiger charge is 2.29. The third-order valence-corrected chi connectivity index (χ3v) is 5.40. The van der Waals surface area contributed by atoms with Gasteiger partial charge in [0.05, 0.1) is 5.56 Å². The molecule has 1 atom stereocenters. The van der Waals surface area contributed by atoms with E-state index in [0.717, 1.165) is 30.7 Å². The number of aryl methyl sites for hydroxylation is 1. The molecule has 1 N–H and O–H groups in total. The zero-order chi connectivity index (χ0) is 18.7. The van der Waals surface area contributed by atoms with E-state index >= 15 is 0 Å². The van der Waals surface area contributed by atoms with Crippen molar-refractivity contribution >= 4 is 11.9 Å². The number of allylic oxidation sites excluding steroid dienone is 1. The zero-order valence-electron chi connectivity index (χ0n) is 16.1. The Kier molecular flexibility index (Phi) is 5.84. The van der Waals surface area contributed by atoms with E-state index in [2.05, 4.69) is 16.0 Å². The molecular weight excluding hydrogens is 328 g/mol. The van der Waals surface area contributed by atoms with E-state index in [-0.39, 0.29) is 5.91 Å². The van der Waals surface area contributed by atoms with E-state index in [4.69, 9.17) is 4.74 Å². The molecule has 1 saturated carbocycles. The van der Waals surface area contributed by atoms with Crippen LogP contribution in [0, 0.1) is 13.8 Å². The minimum atomic E-state index is -0.785. The number of ether oxygens (including phenoxy) is 1. The number of carbonyl (C=O) groups excluding carboxylic acids is 2. The summed E-state index contributed by atoms with van der Waals surface area (Å²) in [6, 6.07) is 2.39. The minimum Gasteiger partial charge on any atom is -0.449 e. The summed E-state index contributed by atoms with van der Waals surface area (Å²) in [7, 11) is 0. The van der Waals surface area contributed by atoms with Crippen molar-refractivity contribution in [1.82, 2.24) is 9.88 Å². The van der Waals surface area contributed by atoms with E-state index in [9.17, 15) is 9.59 Å². The first-order valence-electron chi connectivity index (χ1n) is 9.82. The van der Waals surface area contributed by atoms with E-state index in [1.165, 1.54) is 31.3 Å². The predicted octanol–water partition coefficient (Wildman–Crippen LogP) is 3.99. The summed E-state index contributed by atoms with van der Waals surface area (Å²) in [6.45, 7) is 6.19. The minimum absolute atomic E-state index is 0.231. The number of amides is 1. The van der Waals surface area contributed by atoms with Gasteiger partial charge < -0.3 is 14.6 Å². The van der Waals surface area contributed by atoms with Crippen LogP contribution in [0.25, 0.3) is 0 Å². The monoisotopic (exact) mass is 358 g/mol. The average Bonchev–Trinajstić information content (AvgIpc) is 3.40. The van der Waals surface area contributed by atoms with Crippen LogP contribution in [0.1, 0.15) is 79.7 Å². The topological polar surface area (TPSA) is 60.3 Å². The Bertz CT molecular complexity index is 713. The molecule has 0 saturated heterocycles. The van der Waals surface area contributed by atoms with Gasteiger partial charge in [-0.2, -0.15) is 0 Å². The highest BCUT2D eigenvalue weighted by Crippen LogP contribution is 2.38. The molecule has 1 fully saturated rings. The summed E-state index contributed by atoms with van der Waals surface area (Å²) in [4.78, 5) is 24.7. The van der Waals surface area contributed by atoms with Crippen LogP contribution in [0.2, 0.25) is 0 Å². The summed E-state index contributed by atoms with van der Waals surface area (Å²) in [5.41, 5.74) is 4.01. The summed E-state index contributed by atoms with van der Waals surface area (Å²) < 4.78 is 7.62. The third-order valence-electron chi connectivity index (χ3n) is 5.40. The van der Waals surface area contributed by atoms with Crippen molar-refractivity contribution in [3.8, 4) is 0 Å². The van der Waals surface area contributed by atoms with Crippen molar-refractivity contribution in [2.75, 3.05) is 6.54 Å². The Morgan fingerprint density at radius 3 is 2.73 bits per heavy atom. The Labute approximate surface area is 155 Å². The van der Waals surface area contributed by atoms with Gasteiger partial charge in [0.1, 0.15) is 0 Å². The highest BCUT2D eigenvalue weighted by atomic mass is 16.5. The molecule has 0 bridgehead atoms. The lowest BCUT2D eigenvalue weighted by atomic mass is 9.97. The van der Waals surface area contributed by atoms with Crippen molar-refractivity contribution < 1.29 is 14.3 Å². The maximum atomic E-state index is 12.5. The van der Waals surface area contributed by atoms with Gasteiger partial charge in [-0.1, -0.05) is 11.6 Å². The standard InChI is InChI=1S/C21H30N2O3/c1-14-13-19(15(2)23(14)18-9-10-18)21(25)26-16(3)20(24)22-12-11-17-7-5-4-6-8-17/h7,13,16,18H,4-6,8-12H2,1-3H3,(H,22,24). The lowest BCUT2D eigenvalue weighted by Gasteiger charge is -2.16. The molecule has 0 radical (unpaired) electrons. The van der Waals surface area contributed by atoms with Crippen molar-refractivity contribution in [3.05, 3.63) is 34.7 Å². The lowest BCUT2D eigenvalue weighted by molar-refractivity contribution is -0.129. The molecule has 1 amide bonds. The number of carbonyl (C=O) groups is 2. The van der Waals surface area contributed by atoms with Crippen LogP contribution in [0.5, 0.6) is 0 Å². The number of esters is 1. The molecule has 1 unspecified atom stereocenters. The molecule has 0 aromatic carbocycles. The number of hydrogen-bond donors (Lipinski definition) is 1. The first-order chi connectivity index (χ1) is 12.5. The van der Waals surface area contributed by atoms with Crippen molar-refractivity contribution in [2.45, 2.75) is 77.9 Å². The van der Waals surface area contributed by atoms with Gasteiger partial charge in [0.25, 0.3) is 5.91 Å². The second-order valence-corrected chi connectivity index (χ2v) is 7.58. The van der Waals surface area contributed by atoms with Gasteiger partial charge in [0.15, 0.2) is 6.10 Å². The number of nitrogens with zero attached hydrogens (tertiary/aromatic N) is 1. The van der Waals surface area contributed by atoms with Crippen molar-refractivity contribution in [3.63, 3.8) is 0 Å². The smallest absolute Gasteiger partial charge is 0.340 e. The van der Waals surface area contributed by atoms with E-state index in [1.54, 1.807) is 6.92 Å². The number of aromatic nitrogens is 1. The quantitative estimate of drug-likeness (QED) is 0.592. The van der Waals surface area contributed by atoms with Gasteiger partial charge in [-0.05, 0) is 71.8 Å². The fraction of sp³-hybridized carbons (Fsp3) is 0.619. The van der Waals surface area contributed by atoms with Crippen LogP contribution in [-0.4, -0.2) is 29.1 Å². The normalized spacial score (nSPS) is 18.2. The Hall–Kier alpha value is -2.04. The molecule has 1 aromatic rings. The molecule has 5 heteroatoms. The molecule has 0 aliphatic heterocycles. The first-order valence-corrected chi connectivity index (χ1v) is 9.82. The molecule has 0 spiro atoms. The van der Waals surface area contributed by atoms with Crippen LogP contribution >= 0.6 is 0 Å².